The van der Waals surface area contributed by atoms with Gasteiger partial charge in [0.05, 0.1) is 11.2 Å². The molecule has 2 aromatic carbocycles. The highest BCUT2D eigenvalue weighted by atomic mass is 15.3. The molecule has 0 amide bonds. The first-order valence-corrected chi connectivity index (χ1v) is 9.05. The number of hydrogen-bond acceptors (Lipinski definition) is 4. The summed E-state index contributed by atoms with van der Waals surface area (Å²) in [5.74, 6) is 0.853. The molecule has 0 saturated carbocycles. The van der Waals surface area contributed by atoms with E-state index in [0.29, 0.717) is 0 Å². The summed E-state index contributed by atoms with van der Waals surface area (Å²) in [5.41, 5.74) is 4.43. The van der Waals surface area contributed by atoms with Crippen molar-refractivity contribution in [1.82, 2.24) is 14.9 Å². The molecule has 0 spiro atoms. The van der Waals surface area contributed by atoms with E-state index < -0.39 is 0 Å². The topological polar surface area (TPSA) is 32.3 Å². The first-order valence-electron chi connectivity index (χ1n) is 9.05. The molecular formula is C21H24N4. The third kappa shape index (κ3) is 3.22. The lowest BCUT2D eigenvalue weighted by Crippen LogP contribution is -2.46. The number of hydrogen-bond donors (Lipinski definition) is 0. The van der Waals surface area contributed by atoms with Crippen LogP contribution < -0.4 is 4.90 Å². The Bertz CT molecular complexity index is 868. The normalized spacial score (nSPS) is 15.7. The van der Waals surface area contributed by atoms with Crippen molar-refractivity contribution in [3.05, 3.63) is 54.1 Å². The first-order chi connectivity index (χ1) is 12.2. The van der Waals surface area contributed by atoms with Crippen LogP contribution >= 0.6 is 0 Å². The lowest BCUT2D eigenvalue weighted by Gasteiger charge is -2.34. The summed E-state index contributed by atoms with van der Waals surface area (Å²) in [5, 5.41) is 1.13. The second-order valence-corrected chi connectivity index (χ2v) is 6.68. The molecule has 0 bridgehead atoms. The van der Waals surface area contributed by atoms with E-state index in [2.05, 4.69) is 66.1 Å². The smallest absolute Gasteiger partial charge is 0.226 e. The molecule has 128 valence electrons. The predicted molar refractivity (Wildman–Crippen MR) is 104 cm³/mol. The van der Waals surface area contributed by atoms with Crippen LogP contribution in [0.5, 0.6) is 0 Å². The highest BCUT2D eigenvalue weighted by molar-refractivity contribution is 5.93. The zero-order chi connectivity index (χ0) is 17.2. The monoisotopic (exact) mass is 332 g/mol. The minimum Gasteiger partial charge on any atom is -0.338 e. The van der Waals surface area contributed by atoms with Crippen LogP contribution in [0.1, 0.15) is 12.5 Å². The number of fused-ring (bicyclic) bond motifs is 1. The van der Waals surface area contributed by atoms with Crippen LogP contribution in [0.2, 0.25) is 0 Å². The number of rotatable bonds is 3. The molecule has 4 rings (SSSR count). The molecule has 1 fully saturated rings. The number of aromatic nitrogens is 2. The number of anilines is 1. The van der Waals surface area contributed by atoms with Crippen LogP contribution in [0.15, 0.2) is 48.5 Å². The Hall–Kier alpha value is -2.46. The maximum atomic E-state index is 4.98. The molecule has 1 aliphatic heterocycles. The first kappa shape index (κ1) is 16.0. The highest BCUT2D eigenvalue weighted by Crippen LogP contribution is 2.29. The van der Waals surface area contributed by atoms with Gasteiger partial charge < -0.3 is 9.80 Å². The van der Waals surface area contributed by atoms with Crippen molar-refractivity contribution in [3.63, 3.8) is 0 Å². The molecule has 1 aromatic heterocycles. The molecule has 0 atom stereocenters. The molecule has 3 aromatic rings. The van der Waals surface area contributed by atoms with E-state index in [1.165, 1.54) is 5.56 Å². The number of likely N-dealkylation sites (N-methyl/N-ethyl adjacent to an activating group) is 1. The van der Waals surface area contributed by atoms with Crippen molar-refractivity contribution in [1.29, 1.82) is 0 Å². The van der Waals surface area contributed by atoms with Crippen LogP contribution in [0.4, 0.5) is 5.95 Å². The summed E-state index contributed by atoms with van der Waals surface area (Å²) in [6.45, 7) is 9.57. The minimum absolute atomic E-state index is 0.853. The molecule has 1 aliphatic rings. The predicted octanol–water partition coefficient (Wildman–Crippen LogP) is 3.75. The summed E-state index contributed by atoms with van der Waals surface area (Å²) in [6.07, 6.45) is 0. The Morgan fingerprint density at radius 2 is 1.68 bits per heavy atom. The lowest BCUT2D eigenvalue weighted by atomic mass is 10.0. The SMILES string of the molecule is CCN1CCN(c2nc(-c3ccccc3)c3cc(C)ccc3n2)CC1. The van der Waals surface area contributed by atoms with Crippen molar-refractivity contribution in [3.8, 4) is 11.3 Å². The standard InChI is InChI=1S/C21H24N4/c1-3-24-11-13-25(14-12-24)21-22-19-10-9-16(2)15-18(19)20(23-21)17-7-5-4-6-8-17/h4-10,15H,3,11-14H2,1-2H3. The van der Waals surface area contributed by atoms with Crippen LogP contribution in [0, 0.1) is 6.92 Å². The van der Waals surface area contributed by atoms with Gasteiger partial charge in [-0.2, -0.15) is 0 Å². The van der Waals surface area contributed by atoms with Gasteiger partial charge >= 0.3 is 0 Å². The van der Waals surface area contributed by atoms with E-state index in [-0.39, 0.29) is 0 Å². The van der Waals surface area contributed by atoms with Crippen LogP contribution in [-0.4, -0.2) is 47.6 Å². The quantitative estimate of drug-likeness (QED) is 0.731. The summed E-state index contributed by atoms with van der Waals surface area (Å²) in [6, 6.07) is 16.9. The molecule has 1 saturated heterocycles. The molecule has 25 heavy (non-hydrogen) atoms. The van der Waals surface area contributed by atoms with Gasteiger partial charge in [0.15, 0.2) is 0 Å². The van der Waals surface area contributed by atoms with E-state index in [4.69, 9.17) is 9.97 Å². The molecule has 4 nitrogen and oxygen atoms in total. The zero-order valence-electron chi connectivity index (χ0n) is 14.9. The van der Waals surface area contributed by atoms with Crippen molar-refractivity contribution in [2.45, 2.75) is 13.8 Å². The number of piperazine rings is 1. The fraction of sp³-hybridized carbons (Fsp3) is 0.333. The number of benzene rings is 2. The Kier molecular flexibility index (Phi) is 4.36. The average Bonchev–Trinajstić information content (AvgIpc) is 2.68. The number of nitrogens with zero attached hydrogens (tertiary/aromatic N) is 4. The second-order valence-electron chi connectivity index (χ2n) is 6.68. The Morgan fingerprint density at radius 3 is 2.40 bits per heavy atom. The molecule has 4 heteroatoms. The van der Waals surface area contributed by atoms with Crippen molar-refractivity contribution < 1.29 is 0 Å². The van der Waals surface area contributed by atoms with E-state index in [9.17, 15) is 0 Å². The summed E-state index contributed by atoms with van der Waals surface area (Å²) >= 11 is 0. The average molecular weight is 332 g/mol. The van der Waals surface area contributed by atoms with E-state index in [1.54, 1.807) is 0 Å². The van der Waals surface area contributed by atoms with Crippen molar-refractivity contribution in [2.75, 3.05) is 37.6 Å². The minimum atomic E-state index is 0.853. The van der Waals surface area contributed by atoms with Crippen LogP contribution in [0.3, 0.4) is 0 Å². The van der Waals surface area contributed by atoms with Crippen LogP contribution in [0.25, 0.3) is 22.2 Å². The van der Waals surface area contributed by atoms with Crippen molar-refractivity contribution in [2.24, 2.45) is 0 Å². The molecule has 0 unspecified atom stereocenters. The Balaban J connectivity index is 1.80. The van der Waals surface area contributed by atoms with Gasteiger partial charge in [0.25, 0.3) is 0 Å². The lowest BCUT2D eigenvalue weighted by molar-refractivity contribution is 0.270. The highest BCUT2D eigenvalue weighted by Gasteiger charge is 2.20. The maximum Gasteiger partial charge on any atom is 0.226 e. The Labute approximate surface area is 149 Å². The van der Waals surface area contributed by atoms with Gasteiger partial charge in [0, 0.05) is 37.1 Å². The van der Waals surface area contributed by atoms with Gasteiger partial charge in [-0.15, -0.1) is 0 Å². The number of aryl methyl sites for hydroxylation is 1. The maximum absolute atomic E-state index is 4.98. The Morgan fingerprint density at radius 1 is 0.920 bits per heavy atom. The fourth-order valence-electron chi connectivity index (χ4n) is 3.45. The summed E-state index contributed by atoms with van der Waals surface area (Å²) in [4.78, 5) is 14.6. The molecule has 0 aliphatic carbocycles. The molecule has 0 N–H and O–H groups in total. The third-order valence-corrected chi connectivity index (χ3v) is 4.99. The molecule has 0 radical (unpaired) electrons. The van der Waals surface area contributed by atoms with Gasteiger partial charge in [0.2, 0.25) is 5.95 Å². The van der Waals surface area contributed by atoms with Gasteiger partial charge in [-0.25, -0.2) is 9.97 Å². The second kappa shape index (κ2) is 6.81. The van der Waals surface area contributed by atoms with Crippen molar-refractivity contribution >= 4 is 16.9 Å². The fourth-order valence-corrected chi connectivity index (χ4v) is 3.45. The third-order valence-electron chi connectivity index (χ3n) is 4.99. The zero-order valence-corrected chi connectivity index (χ0v) is 14.9. The van der Waals surface area contributed by atoms with Gasteiger partial charge in [-0.3, -0.25) is 0 Å². The molecular weight excluding hydrogens is 308 g/mol. The summed E-state index contributed by atoms with van der Waals surface area (Å²) in [7, 11) is 0. The molecule has 2 heterocycles. The van der Waals surface area contributed by atoms with E-state index in [0.717, 1.165) is 60.8 Å². The van der Waals surface area contributed by atoms with Gasteiger partial charge in [-0.1, -0.05) is 48.9 Å². The van der Waals surface area contributed by atoms with Gasteiger partial charge in [-0.05, 0) is 25.6 Å². The largest absolute Gasteiger partial charge is 0.338 e. The van der Waals surface area contributed by atoms with Gasteiger partial charge in [0.1, 0.15) is 0 Å². The summed E-state index contributed by atoms with van der Waals surface area (Å²) < 4.78 is 0. The van der Waals surface area contributed by atoms with Crippen LogP contribution in [-0.2, 0) is 0 Å². The van der Waals surface area contributed by atoms with E-state index in [1.807, 2.05) is 6.07 Å². The van der Waals surface area contributed by atoms with E-state index >= 15 is 0 Å².